The first-order valence-electron chi connectivity index (χ1n) is 10.7. The molecule has 1 aliphatic heterocycles. The molecule has 0 spiro atoms. The summed E-state index contributed by atoms with van der Waals surface area (Å²) in [5.74, 6) is -0.795. The van der Waals surface area contributed by atoms with Gasteiger partial charge >= 0.3 is 6.03 Å². The number of fused-ring (bicyclic) bond motifs is 2. The summed E-state index contributed by atoms with van der Waals surface area (Å²) in [7, 11) is 0. The number of carbonyl (C=O) groups is 2. The molecule has 1 aliphatic rings. The number of amides is 3. The average Bonchev–Trinajstić information content (AvgIpc) is 3.21. The number of rotatable bonds is 3. The molecule has 34 heavy (non-hydrogen) atoms. The molecule has 5 rings (SSSR count). The lowest BCUT2D eigenvalue weighted by Gasteiger charge is -2.27. The molecule has 0 unspecified atom stereocenters. The van der Waals surface area contributed by atoms with Crippen molar-refractivity contribution in [3.05, 3.63) is 94.1 Å². The first-order chi connectivity index (χ1) is 16.5. The van der Waals surface area contributed by atoms with Gasteiger partial charge in [-0.2, -0.15) is 5.26 Å². The van der Waals surface area contributed by atoms with Crippen molar-refractivity contribution in [2.45, 2.75) is 13.0 Å². The predicted molar refractivity (Wildman–Crippen MR) is 130 cm³/mol. The van der Waals surface area contributed by atoms with E-state index in [4.69, 9.17) is 0 Å². The molecule has 3 aromatic carbocycles. The number of anilines is 2. The highest BCUT2D eigenvalue weighted by molar-refractivity contribution is 7.16. The second-order valence-corrected chi connectivity index (χ2v) is 8.99. The summed E-state index contributed by atoms with van der Waals surface area (Å²) in [6.45, 7) is 0.661. The minimum absolute atomic E-state index is 0.116. The van der Waals surface area contributed by atoms with E-state index in [1.54, 1.807) is 23.1 Å². The van der Waals surface area contributed by atoms with Crippen molar-refractivity contribution >= 4 is 44.7 Å². The third-order valence-electron chi connectivity index (χ3n) is 5.83. The largest absolute Gasteiger partial charge is 0.322 e. The van der Waals surface area contributed by atoms with Crippen LogP contribution < -0.4 is 10.6 Å². The first kappa shape index (κ1) is 21.6. The molecular formula is C26H19FN4O2S. The summed E-state index contributed by atoms with van der Waals surface area (Å²) in [4.78, 5) is 28.2. The van der Waals surface area contributed by atoms with Crippen LogP contribution in [-0.2, 0) is 13.0 Å². The van der Waals surface area contributed by atoms with Crippen molar-refractivity contribution in [1.29, 1.82) is 5.26 Å². The fourth-order valence-corrected chi connectivity index (χ4v) is 5.34. The van der Waals surface area contributed by atoms with Crippen LogP contribution in [0.3, 0.4) is 0 Å². The Morgan fingerprint density at radius 1 is 1.00 bits per heavy atom. The highest BCUT2D eigenvalue weighted by Crippen LogP contribution is 2.37. The zero-order chi connectivity index (χ0) is 23.7. The van der Waals surface area contributed by atoms with Crippen molar-refractivity contribution < 1.29 is 14.0 Å². The number of thiophene rings is 1. The SMILES string of the molecule is N#Cc1c(NC(=O)c2cccc3ccccc23)sc2c1CCN(C(=O)Nc1ccccc1F)C2. The monoisotopic (exact) mass is 470 g/mol. The first-order valence-corrected chi connectivity index (χ1v) is 11.5. The molecule has 0 saturated heterocycles. The van der Waals surface area contributed by atoms with Crippen LogP contribution in [0.1, 0.15) is 26.4 Å². The highest BCUT2D eigenvalue weighted by atomic mass is 32.1. The Balaban J connectivity index is 1.37. The number of para-hydroxylation sites is 1. The molecular weight excluding hydrogens is 451 g/mol. The average molecular weight is 471 g/mol. The van der Waals surface area contributed by atoms with Gasteiger partial charge in [0.2, 0.25) is 0 Å². The van der Waals surface area contributed by atoms with E-state index in [9.17, 15) is 19.2 Å². The molecule has 3 amide bonds. The van der Waals surface area contributed by atoms with E-state index < -0.39 is 11.8 Å². The van der Waals surface area contributed by atoms with Crippen LogP contribution in [0.5, 0.6) is 0 Å². The Hall–Kier alpha value is -4.22. The maximum Gasteiger partial charge on any atom is 0.322 e. The van der Waals surface area contributed by atoms with Crippen LogP contribution in [0.15, 0.2) is 66.7 Å². The van der Waals surface area contributed by atoms with E-state index >= 15 is 0 Å². The Kier molecular flexibility index (Phi) is 5.70. The van der Waals surface area contributed by atoms with Crippen molar-refractivity contribution in [1.82, 2.24) is 4.90 Å². The zero-order valence-electron chi connectivity index (χ0n) is 18.0. The van der Waals surface area contributed by atoms with Gasteiger partial charge < -0.3 is 15.5 Å². The predicted octanol–water partition coefficient (Wildman–Crippen LogP) is 5.75. The van der Waals surface area contributed by atoms with Crippen LogP contribution in [-0.4, -0.2) is 23.4 Å². The van der Waals surface area contributed by atoms with Gasteiger partial charge in [-0.05, 0) is 41.0 Å². The van der Waals surface area contributed by atoms with E-state index in [1.165, 1.54) is 23.5 Å². The van der Waals surface area contributed by atoms with Crippen LogP contribution in [0.4, 0.5) is 19.9 Å². The molecule has 2 heterocycles. The molecule has 0 saturated carbocycles. The van der Waals surface area contributed by atoms with Gasteiger partial charge in [0, 0.05) is 17.0 Å². The summed E-state index contributed by atoms with van der Waals surface area (Å²) in [5.41, 5.74) is 1.92. The Labute approximate surface area is 199 Å². The van der Waals surface area contributed by atoms with Crippen LogP contribution >= 0.6 is 11.3 Å². The molecule has 0 fully saturated rings. The van der Waals surface area contributed by atoms with Gasteiger partial charge in [0.05, 0.1) is 17.8 Å². The van der Waals surface area contributed by atoms with E-state index in [0.29, 0.717) is 29.1 Å². The van der Waals surface area contributed by atoms with Gasteiger partial charge in [-0.25, -0.2) is 9.18 Å². The maximum absolute atomic E-state index is 13.9. The lowest BCUT2D eigenvalue weighted by Crippen LogP contribution is -2.38. The smallest absolute Gasteiger partial charge is 0.319 e. The van der Waals surface area contributed by atoms with E-state index in [-0.39, 0.29) is 18.1 Å². The summed E-state index contributed by atoms with van der Waals surface area (Å²) < 4.78 is 13.9. The van der Waals surface area contributed by atoms with Crippen molar-refractivity contribution in [3.8, 4) is 6.07 Å². The molecule has 0 bridgehead atoms. The number of urea groups is 1. The van der Waals surface area contributed by atoms with E-state index in [0.717, 1.165) is 21.2 Å². The number of hydrogen-bond acceptors (Lipinski definition) is 4. The minimum Gasteiger partial charge on any atom is -0.319 e. The standard InChI is InChI=1S/C26H19FN4O2S/c27-21-10-3-4-11-22(21)29-26(33)31-13-12-18-20(14-28)25(34-23(18)15-31)30-24(32)19-9-5-7-16-6-1-2-8-17(16)19/h1-11H,12-13,15H2,(H,29,33)(H,30,32). The maximum atomic E-state index is 13.9. The number of nitrogens with one attached hydrogen (secondary N) is 2. The van der Waals surface area contributed by atoms with Gasteiger partial charge in [-0.15, -0.1) is 11.3 Å². The molecule has 1 aromatic heterocycles. The molecule has 2 N–H and O–H groups in total. The van der Waals surface area contributed by atoms with Gasteiger partial charge in [-0.1, -0.05) is 48.5 Å². The van der Waals surface area contributed by atoms with Crippen LogP contribution in [0, 0.1) is 17.1 Å². The second kappa shape index (κ2) is 8.96. The molecule has 0 atom stereocenters. The van der Waals surface area contributed by atoms with Crippen LogP contribution in [0.2, 0.25) is 0 Å². The van der Waals surface area contributed by atoms with E-state index in [2.05, 4.69) is 16.7 Å². The molecule has 0 aliphatic carbocycles. The summed E-state index contributed by atoms with van der Waals surface area (Å²) >= 11 is 1.30. The second-order valence-electron chi connectivity index (χ2n) is 7.88. The fourth-order valence-electron chi connectivity index (χ4n) is 4.13. The lowest BCUT2D eigenvalue weighted by molar-refractivity contribution is 0.102. The zero-order valence-corrected chi connectivity index (χ0v) is 18.8. The summed E-state index contributed by atoms with van der Waals surface area (Å²) in [5, 5.41) is 17.6. The molecule has 6 nitrogen and oxygen atoms in total. The third-order valence-corrected chi connectivity index (χ3v) is 6.96. The van der Waals surface area contributed by atoms with Gasteiger partial charge in [-0.3, -0.25) is 4.79 Å². The summed E-state index contributed by atoms with van der Waals surface area (Å²) in [6, 6.07) is 20.9. The van der Waals surface area contributed by atoms with Crippen LogP contribution in [0.25, 0.3) is 10.8 Å². The van der Waals surface area contributed by atoms with Gasteiger partial charge in [0.25, 0.3) is 5.91 Å². The molecule has 168 valence electrons. The minimum atomic E-state index is -0.505. The number of benzene rings is 3. The van der Waals surface area contributed by atoms with E-state index in [1.807, 2.05) is 36.4 Å². The third kappa shape index (κ3) is 3.98. The van der Waals surface area contributed by atoms with Gasteiger partial charge in [0.15, 0.2) is 0 Å². The van der Waals surface area contributed by atoms with Crippen molar-refractivity contribution in [2.24, 2.45) is 0 Å². The van der Waals surface area contributed by atoms with Gasteiger partial charge in [0.1, 0.15) is 16.9 Å². The highest BCUT2D eigenvalue weighted by Gasteiger charge is 2.28. The molecule has 0 radical (unpaired) electrons. The number of nitrogens with zero attached hydrogens (tertiary/aromatic N) is 2. The number of halogens is 1. The Morgan fingerprint density at radius 2 is 1.76 bits per heavy atom. The fraction of sp³-hybridized carbons (Fsp3) is 0.115. The lowest BCUT2D eigenvalue weighted by atomic mass is 10.0. The summed E-state index contributed by atoms with van der Waals surface area (Å²) in [6.07, 6.45) is 0.476. The number of carbonyl (C=O) groups excluding carboxylic acids is 2. The molecule has 4 aromatic rings. The molecule has 8 heteroatoms. The number of hydrogen-bond donors (Lipinski definition) is 2. The Morgan fingerprint density at radius 3 is 2.59 bits per heavy atom. The number of nitriles is 1. The topological polar surface area (TPSA) is 85.2 Å². The normalized spacial score (nSPS) is 12.6. The van der Waals surface area contributed by atoms with Crippen molar-refractivity contribution in [3.63, 3.8) is 0 Å². The van der Waals surface area contributed by atoms with Crippen molar-refractivity contribution in [2.75, 3.05) is 17.2 Å². The quantitative estimate of drug-likeness (QED) is 0.400. The Bertz CT molecular complexity index is 1470.